The highest BCUT2D eigenvalue weighted by molar-refractivity contribution is 7.61. The molecule has 0 spiro atoms. The molecule has 16 heteroatoms. The Morgan fingerprint density at radius 3 is 2.34 bits per heavy atom. The molecule has 1 aromatic rings. The summed E-state index contributed by atoms with van der Waals surface area (Å²) in [5.41, 5.74) is 4.55. The summed E-state index contributed by atoms with van der Waals surface area (Å²) in [6, 6.07) is 1.27. The zero-order valence-electron chi connectivity index (χ0n) is 17.0. The standard InChI is InChI=1S/C16H27N3O11P2/c17-12-6-7-19(16(22)18-12)15-14(21)13(20)11(29-15)9-28-32(25,26)30-31(23,24)27-8-10-4-2-1-3-5-10/h6-7,10-11,13-15,20-21H,1-5,8-9H2,(H,23,24)(H,25,26)(H2,17,18,22)/t11-,13-,14+,15-/m1/s1. The molecule has 0 radical (unpaired) electrons. The van der Waals surface area contributed by atoms with E-state index < -0.39 is 52.5 Å². The van der Waals surface area contributed by atoms with E-state index in [1.165, 1.54) is 12.3 Å². The second kappa shape index (κ2) is 10.4. The first-order valence-electron chi connectivity index (χ1n) is 10.00. The van der Waals surface area contributed by atoms with Crippen molar-refractivity contribution in [3.63, 3.8) is 0 Å². The van der Waals surface area contributed by atoms with Gasteiger partial charge in [-0.25, -0.2) is 13.9 Å². The molecule has 14 nitrogen and oxygen atoms in total. The van der Waals surface area contributed by atoms with E-state index in [2.05, 4.69) is 13.8 Å². The number of hydrogen-bond acceptors (Lipinski definition) is 11. The van der Waals surface area contributed by atoms with Crippen molar-refractivity contribution in [2.75, 3.05) is 18.9 Å². The van der Waals surface area contributed by atoms with Crippen LogP contribution in [-0.2, 0) is 27.2 Å². The van der Waals surface area contributed by atoms with Crippen LogP contribution in [0.5, 0.6) is 0 Å². The molecule has 1 aliphatic carbocycles. The first-order valence-corrected chi connectivity index (χ1v) is 13.0. The number of ether oxygens (including phenoxy) is 1. The number of aliphatic hydroxyl groups excluding tert-OH is 2. The van der Waals surface area contributed by atoms with E-state index >= 15 is 0 Å². The van der Waals surface area contributed by atoms with Crippen LogP contribution in [0.2, 0.25) is 0 Å². The van der Waals surface area contributed by atoms with E-state index in [1.54, 1.807) is 0 Å². The van der Waals surface area contributed by atoms with Gasteiger partial charge in [0, 0.05) is 6.20 Å². The number of phosphoric ester groups is 2. The molecule has 0 amide bonds. The summed E-state index contributed by atoms with van der Waals surface area (Å²) < 4.78 is 44.1. The number of anilines is 1. The van der Waals surface area contributed by atoms with Gasteiger partial charge in [-0.15, -0.1) is 0 Å². The van der Waals surface area contributed by atoms with Gasteiger partial charge in [-0.3, -0.25) is 13.6 Å². The Kier molecular flexibility index (Phi) is 8.26. The molecule has 1 saturated heterocycles. The number of aromatic nitrogens is 2. The molecule has 1 aliphatic heterocycles. The molecule has 182 valence electrons. The number of phosphoric acid groups is 2. The van der Waals surface area contributed by atoms with Gasteiger partial charge < -0.3 is 30.5 Å². The second-order valence-electron chi connectivity index (χ2n) is 7.70. The summed E-state index contributed by atoms with van der Waals surface area (Å²) in [6.07, 6.45) is -0.103. The van der Waals surface area contributed by atoms with E-state index in [1.807, 2.05) is 0 Å². The minimum absolute atomic E-state index is 0.0542. The van der Waals surface area contributed by atoms with E-state index in [9.17, 15) is 33.9 Å². The largest absolute Gasteiger partial charge is 0.481 e. The van der Waals surface area contributed by atoms with Crippen LogP contribution in [0.25, 0.3) is 0 Å². The van der Waals surface area contributed by atoms with Crippen molar-refractivity contribution in [3.05, 3.63) is 22.7 Å². The first-order chi connectivity index (χ1) is 15.0. The Bertz CT molecular complexity index is 938. The van der Waals surface area contributed by atoms with Crippen LogP contribution in [0, 0.1) is 5.92 Å². The number of hydrogen-bond donors (Lipinski definition) is 5. The zero-order valence-corrected chi connectivity index (χ0v) is 18.8. The molecule has 2 fully saturated rings. The van der Waals surface area contributed by atoms with E-state index in [0.717, 1.165) is 36.7 Å². The topological polar surface area (TPSA) is 213 Å². The summed E-state index contributed by atoms with van der Waals surface area (Å²) in [5.74, 6) is -0.00446. The van der Waals surface area contributed by atoms with Gasteiger partial charge in [0.05, 0.1) is 13.2 Å². The van der Waals surface area contributed by atoms with E-state index in [0.29, 0.717) is 0 Å². The van der Waals surface area contributed by atoms with Crippen molar-refractivity contribution in [2.45, 2.75) is 56.6 Å². The van der Waals surface area contributed by atoms with Crippen LogP contribution in [0.15, 0.2) is 17.1 Å². The SMILES string of the molecule is Nc1ccn([C@@H]2O[C@H](COP(=O)(O)OP(=O)(O)OCC3CCCCC3)[C@@H](O)[C@@H]2O)c(=O)n1. The molecular formula is C16H27N3O11P2. The Labute approximate surface area is 183 Å². The van der Waals surface area contributed by atoms with Gasteiger partial charge >= 0.3 is 21.3 Å². The molecule has 2 unspecified atom stereocenters. The maximum atomic E-state index is 12.1. The lowest BCUT2D eigenvalue weighted by molar-refractivity contribution is -0.0542. The molecule has 6 N–H and O–H groups in total. The number of aliphatic hydroxyl groups is 2. The van der Waals surface area contributed by atoms with Crippen molar-refractivity contribution in [2.24, 2.45) is 5.92 Å². The molecule has 2 aliphatic rings. The fourth-order valence-electron chi connectivity index (χ4n) is 3.61. The first kappa shape index (κ1) is 25.4. The summed E-state index contributed by atoms with van der Waals surface area (Å²) >= 11 is 0. The lowest BCUT2D eigenvalue weighted by Gasteiger charge is -2.23. The predicted molar refractivity (Wildman–Crippen MR) is 108 cm³/mol. The third-order valence-corrected chi connectivity index (χ3v) is 7.87. The van der Waals surface area contributed by atoms with Crippen LogP contribution in [0.4, 0.5) is 5.82 Å². The van der Waals surface area contributed by atoms with Crippen LogP contribution in [0.3, 0.4) is 0 Å². The fraction of sp³-hybridized carbons (Fsp3) is 0.750. The van der Waals surface area contributed by atoms with Gasteiger partial charge in [0.2, 0.25) is 0 Å². The average molecular weight is 499 g/mol. The molecule has 1 saturated carbocycles. The summed E-state index contributed by atoms with van der Waals surface area (Å²) in [4.78, 5) is 34.9. The molecule has 0 bridgehead atoms. The maximum Gasteiger partial charge on any atom is 0.481 e. The number of rotatable bonds is 9. The number of nitrogens with two attached hydrogens (primary N) is 1. The molecule has 0 aromatic carbocycles. The monoisotopic (exact) mass is 499 g/mol. The third kappa shape index (κ3) is 6.67. The minimum Gasteiger partial charge on any atom is -0.387 e. The van der Waals surface area contributed by atoms with Gasteiger partial charge in [0.1, 0.15) is 24.1 Å². The Hall–Kier alpha value is -1.18. The quantitative estimate of drug-likeness (QED) is 0.289. The van der Waals surface area contributed by atoms with Gasteiger partial charge in [-0.2, -0.15) is 9.29 Å². The molecular weight excluding hydrogens is 472 g/mol. The Morgan fingerprint density at radius 1 is 1.09 bits per heavy atom. The van der Waals surface area contributed by atoms with Crippen LogP contribution in [-0.4, -0.2) is 61.1 Å². The smallest absolute Gasteiger partial charge is 0.387 e. The normalized spacial score (nSPS) is 30.6. The van der Waals surface area contributed by atoms with Crippen LogP contribution in [0.1, 0.15) is 38.3 Å². The average Bonchev–Trinajstić information content (AvgIpc) is 2.99. The second-order valence-corrected chi connectivity index (χ2v) is 10.7. The van der Waals surface area contributed by atoms with Crippen molar-refractivity contribution in [3.8, 4) is 0 Å². The van der Waals surface area contributed by atoms with Crippen molar-refractivity contribution in [1.82, 2.24) is 9.55 Å². The number of nitrogen functional groups attached to an aromatic ring is 1. The van der Waals surface area contributed by atoms with Gasteiger partial charge in [-0.05, 0) is 24.8 Å². The molecule has 32 heavy (non-hydrogen) atoms. The summed E-state index contributed by atoms with van der Waals surface area (Å²) in [5, 5.41) is 20.3. The Balaban J connectivity index is 1.54. The lowest BCUT2D eigenvalue weighted by Crippen LogP contribution is -2.36. The van der Waals surface area contributed by atoms with Crippen molar-refractivity contribution >= 4 is 21.5 Å². The minimum atomic E-state index is -5.10. The summed E-state index contributed by atoms with van der Waals surface area (Å²) in [7, 11) is -10.00. The highest BCUT2D eigenvalue weighted by Gasteiger charge is 2.46. The Morgan fingerprint density at radius 2 is 1.72 bits per heavy atom. The lowest BCUT2D eigenvalue weighted by atomic mass is 9.90. The predicted octanol–water partition coefficient (Wildman–Crippen LogP) is 0.276. The maximum absolute atomic E-state index is 12.1. The van der Waals surface area contributed by atoms with E-state index in [4.69, 9.17) is 15.0 Å². The summed E-state index contributed by atoms with van der Waals surface area (Å²) in [6.45, 7) is -0.904. The molecule has 6 atom stereocenters. The van der Waals surface area contributed by atoms with Gasteiger partial charge in [-0.1, -0.05) is 19.3 Å². The van der Waals surface area contributed by atoms with Crippen molar-refractivity contribution in [1.29, 1.82) is 0 Å². The fourth-order valence-corrected chi connectivity index (χ4v) is 5.77. The number of nitrogens with zero attached hydrogens (tertiary/aromatic N) is 2. The van der Waals surface area contributed by atoms with Crippen LogP contribution < -0.4 is 11.4 Å². The molecule has 2 heterocycles. The molecule has 3 rings (SSSR count). The zero-order chi connectivity index (χ0) is 23.5. The highest BCUT2D eigenvalue weighted by Crippen LogP contribution is 2.60. The van der Waals surface area contributed by atoms with Gasteiger partial charge in [0.25, 0.3) is 0 Å². The highest BCUT2D eigenvalue weighted by atomic mass is 31.3. The molecule has 1 aromatic heterocycles. The van der Waals surface area contributed by atoms with Gasteiger partial charge in [0.15, 0.2) is 6.23 Å². The van der Waals surface area contributed by atoms with Crippen molar-refractivity contribution < 1.29 is 47.2 Å². The third-order valence-electron chi connectivity index (χ3n) is 5.27. The van der Waals surface area contributed by atoms with Crippen LogP contribution >= 0.6 is 15.6 Å². The van der Waals surface area contributed by atoms with E-state index in [-0.39, 0.29) is 18.3 Å².